The normalized spacial score (nSPS) is 26.2. The molecule has 2 saturated heterocycles. The maximum atomic E-state index is 12.5. The average molecular weight is 323 g/mol. The summed E-state index contributed by atoms with van der Waals surface area (Å²) in [6.07, 6.45) is 0.585. The third-order valence-corrected chi connectivity index (χ3v) is 4.57. The highest BCUT2D eigenvalue weighted by Gasteiger charge is 2.40. The van der Waals surface area contributed by atoms with Crippen molar-refractivity contribution < 1.29 is 19.2 Å². The SMILES string of the molecule is CC(C)c1cc(C(=O)N2CCC(O)(CN3CCOCC3)C2)on1. The fraction of sp³-hybridized carbons (Fsp3) is 0.750. The smallest absolute Gasteiger partial charge is 0.292 e. The molecule has 7 heteroatoms. The lowest BCUT2D eigenvalue weighted by atomic mass is 10.0. The lowest BCUT2D eigenvalue weighted by Crippen LogP contribution is -2.49. The van der Waals surface area contributed by atoms with Gasteiger partial charge in [-0.25, -0.2) is 0 Å². The highest BCUT2D eigenvalue weighted by molar-refractivity contribution is 5.91. The van der Waals surface area contributed by atoms with Gasteiger partial charge in [0, 0.05) is 32.2 Å². The molecule has 1 atom stereocenters. The van der Waals surface area contributed by atoms with Gasteiger partial charge in [-0.05, 0) is 12.3 Å². The summed E-state index contributed by atoms with van der Waals surface area (Å²) in [7, 11) is 0. The van der Waals surface area contributed by atoms with Gasteiger partial charge >= 0.3 is 0 Å². The Labute approximate surface area is 136 Å². The number of carbonyl (C=O) groups is 1. The summed E-state index contributed by atoms with van der Waals surface area (Å²) in [5.41, 5.74) is -0.0791. The Morgan fingerprint density at radius 1 is 1.39 bits per heavy atom. The van der Waals surface area contributed by atoms with Crippen LogP contribution in [0.5, 0.6) is 0 Å². The Bertz CT molecular complexity index is 553. The first-order valence-corrected chi connectivity index (χ1v) is 8.25. The van der Waals surface area contributed by atoms with Crippen LogP contribution in [-0.2, 0) is 4.74 Å². The van der Waals surface area contributed by atoms with Crippen LogP contribution in [0.3, 0.4) is 0 Å². The number of amides is 1. The van der Waals surface area contributed by atoms with Crippen LogP contribution < -0.4 is 0 Å². The van der Waals surface area contributed by atoms with Crippen LogP contribution in [0.15, 0.2) is 10.6 Å². The molecule has 0 aromatic carbocycles. The quantitative estimate of drug-likeness (QED) is 0.879. The zero-order chi connectivity index (χ0) is 16.4. The first-order chi connectivity index (χ1) is 11.0. The lowest BCUT2D eigenvalue weighted by molar-refractivity contribution is -0.0258. The molecule has 128 valence electrons. The predicted molar refractivity (Wildman–Crippen MR) is 83.3 cm³/mol. The van der Waals surface area contributed by atoms with Gasteiger partial charge in [0.1, 0.15) is 0 Å². The Balaban J connectivity index is 1.60. The molecule has 1 aromatic heterocycles. The highest BCUT2D eigenvalue weighted by Crippen LogP contribution is 2.25. The minimum Gasteiger partial charge on any atom is -0.387 e. The molecule has 2 fully saturated rings. The van der Waals surface area contributed by atoms with Crippen LogP contribution in [0, 0.1) is 0 Å². The molecular formula is C16H25N3O4. The first kappa shape index (κ1) is 16.4. The number of nitrogens with zero attached hydrogens (tertiary/aromatic N) is 3. The Hall–Kier alpha value is -1.44. The van der Waals surface area contributed by atoms with E-state index >= 15 is 0 Å². The van der Waals surface area contributed by atoms with E-state index in [0.717, 1.165) is 18.8 Å². The molecule has 1 amide bonds. The molecule has 0 spiro atoms. The zero-order valence-electron chi connectivity index (χ0n) is 13.8. The fourth-order valence-electron chi connectivity index (χ4n) is 3.15. The summed E-state index contributed by atoms with van der Waals surface area (Å²) in [6, 6.07) is 1.70. The van der Waals surface area contributed by atoms with Gasteiger partial charge in [-0.15, -0.1) is 0 Å². The van der Waals surface area contributed by atoms with E-state index < -0.39 is 5.60 Å². The van der Waals surface area contributed by atoms with Crippen LogP contribution in [0.25, 0.3) is 0 Å². The number of ether oxygens (including phenoxy) is 1. The van der Waals surface area contributed by atoms with E-state index in [-0.39, 0.29) is 17.6 Å². The number of aliphatic hydroxyl groups is 1. The molecule has 2 aliphatic rings. The molecule has 1 unspecified atom stereocenters. The van der Waals surface area contributed by atoms with Crippen LogP contribution in [0.1, 0.15) is 42.4 Å². The van der Waals surface area contributed by atoms with Gasteiger partial charge in [-0.3, -0.25) is 9.69 Å². The third kappa shape index (κ3) is 3.73. The average Bonchev–Trinajstić information content (AvgIpc) is 3.15. The van der Waals surface area contributed by atoms with Gasteiger partial charge in [-0.2, -0.15) is 0 Å². The minimum atomic E-state index is -0.853. The number of rotatable bonds is 4. The number of aromatic nitrogens is 1. The molecule has 0 radical (unpaired) electrons. The summed E-state index contributed by atoms with van der Waals surface area (Å²) in [4.78, 5) is 16.4. The molecule has 0 aliphatic carbocycles. The standard InChI is InChI=1S/C16H25N3O4/c1-12(2)13-9-14(23-17-13)15(20)19-4-3-16(21,11-19)10-18-5-7-22-8-6-18/h9,12,21H,3-8,10-11H2,1-2H3. The Morgan fingerprint density at radius 3 is 2.78 bits per heavy atom. The van der Waals surface area contributed by atoms with Crippen LogP contribution in [0.4, 0.5) is 0 Å². The van der Waals surface area contributed by atoms with E-state index in [2.05, 4.69) is 10.1 Å². The number of likely N-dealkylation sites (tertiary alicyclic amines) is 1. The first-order valence-electron chi connectivity index (χ1n) is 8.25. The van der Waals surface area contributed by atoms with Gasteiger partial charge in [0.05, 0.1) is 31.1 Å². The van der Waals surface area contributed by atoms with E-state index in [9.17, 15) is 9.90 Å². The number of hydrogen-bond acceptors (Lipinski definition) is 6. The van der Waals surface area contributed by atoms with Gasteiger partial charge in [0.2, 0.25) is 5.76 Å². The maximum absolute atomic E-state index is 12.5. The predicted octanol–water partition coefficient (Wildman–Crippen LogP) is 0.707. The third-order valence-electron chi connectivity index (χ3n) is 4.57. The molecule has 2 aliphatic heterocycles. The van der Waals surface area contributed by atoms with E-state index in [4.69, 9.17) is 9.26 Å². The van der Waals surface area contributed by atoms with Gasteiger partial charge in [0.25, 0.3) is 5.91 Å². The van der Waals surface area contributed by atoms with Crippen molar-refractivity contribution in [2.24, 2.45) is 0 Å². The van der Waals surface area contributed by atoms with Crippen molar-refractivity contribution in [3.8, 4) is 0 Å². The van der Waals surface area contributed by atoms with Crippen LogP contribution in [0.2, 0.25) is 0 Å². The maximum Gasteiger partial charge on any atom is 0.292 e. The summed E-state index contributed by atoms with van der Waals surface area (Å²) < 4.78 is 10.5. The number of carbonyl (C=O) groups excluding carboxylic acids is 1. The summed E-state index contributed by atoms with van der Waals surface area (Å²) >= 11 is 0. The van der Waals surface area contributed by atoms with Crippen molar-refractivity contribution in [2.45, 2.75) is 31.8 Å². The molecule has 3 rings (SSSR count). The van der Waals surface area contributed by atoms with Crippen molar-refractivity contribution in [3.63, 3.8) is 0 Å². The molecule has 0 bridgehead atoms. The molecule has 7 nitrogen and oxygen atoms in total. The number of morpholine rings is 1. The van der Waals surface area contributed by atoms with Crippen molar-refractivity contribution in [2.75, 3.05) is 45.9 Å². The summed E-state index contributed by atoms with van der Waals surface area (Å²) in [5, 5.41) is 14.7. The zero-order valence-corrected chi connectivity index (χ0v) is 13.8. The molecule has 3 heterocycles. The van der Waals surface area contributed by atoms with E-state index in [1.54, 1.807) is 11.0 Å². The molecule has 0 saturated carbocycles. The van der Waals surface area contributed by atoms with Crippen LogP contribution >= 0.6 is 0 Å². The van der Waals surface area contributed by atoms with E-state index in [0.29, 0.717) is 39.3 Å². The topological polar surface area (TPSA) is 79.0 Å². The van der Waals surface area contributed by atoms with Gasteiger partial charge in [-0.1, -0.05) is 19.0 Å². The second-order valence-electron chi connectivity index (χ2n) is 6.86. The Kier molecular flexibility index (Phi) is 4.70. The van der Waals surface area contributed by atoms with Crippen molar-refractivity contribution in [1.82, 2.24) is 15.0 Å². The van der Waals surface area contributed by atoms with Gasteiger partial charge in [0.15, 0.2) is 0 Å². The second-order valence-corrected chi connectivity index (χ2v) is 6.86. The summed E-state index contributed by atoms with van der Waals surface area (Å²) in [6.45, 7) is 8.52. The molecule has 1 aromatic rings. The van der Waals surface area contributed by atoms with E-state index in [1.807, 2.05) is 13.8 Å². The number of β-amino-alcohol motifs (C(OH)–C–C–N with tert-alkyl or cyclic N) is 1. The lowest BCUT2D eigenvalue weighted by Gasteiger charge is -2.33. The van der Waals surface area contributed by atoms with Crippen molar-refractivity contribution in [1.29, 1.82) is 0 Å². The molecule has 23 heavy (non-hydrogen) atoms. The number of hydrogen-bond donors (Lipinski definition) is 1. The molecular weight excluding hydrogens is 298 g/mol. The summed E-state index contributed by atoms with van der Waals surface area (Å²) in [5.74, 6) is 0.281. The van der Waals surface area contributed by atoms with Crippen molar-refractivity contribution in [3.05, 3.63) is 17.5 Å². The minimum absolute atomic E-state index is 0.192. The van der Waals surface area contributed by atoms with Gasteiger partial charge < -0.3 is 19.3 Å². The Morgan fingerprint density at radius 2 is 2.13 bits per heavy atom. The second kappa shape index (κ2) is 6.59. The van der Waals surface area contributed by atoms with Crippen molar-refractivity contribution >= 4 is 5.91 Å². The van der Waals surface area contributed by atoms with E-state index in [1.165, 1.54) is 0 Å². The molecule has 1 N–H and O–H groups in total. The monoisotopic (exact) mass is 323 g/mol. The largest absolute Gasteiger partial charge is 0.387 e. The van der Waals surface area contributed by atoms with Crippen LogP contribution in [-0.4, -0.2) is 77.5 Å². The highest BCUT2D eigenvalue weighted by atomic mass is 16.5. The fourth-order valence-corrected chi connectivity index (χ4v) is 3.15.